The van der Waals surface area contributed by atoms with Crippen LogP contribution < -0.4 is 5.32 Å². The van der Waals surface area contributed by atoms with E-state index < -0.39 is 17.3 Å². The van der Waals surface area contributed by atoms with Gasteiger partial charge in [0, 0.05) is 4.79 Å². The fraction of sp³-hybridized carbons (Fsp3) is 0.375. The summed E-state index contributed by atoms with van der Waals surface area (Å²) < 4.78 is 13.1. The van der Waals surface area contributed by atoms with Crippen LogP contribution in [0.4, 0.5) is 10.2 Å². The number of halogens is 2. The molecule has 0 unspecified atom stereocenters. The number of hydrogen-bond acceptors (Lipinski definition) is 4. The summed E-state index contributed by atoms with van der Waals surface area (Å²) in [7, 11) is 0. The molecule has 0 amide bonds. The minimum atomic E-state index is -1.22. The molecule has 5 nitrogen and oxygen atoms in total. The Morgan fingerprint density at radius 1 is 1.67 bits per heavy atom. The minimum Gasteiger partial charge on any atom is -0.563 e. The van der Waals surface area contributed by atoms with Crippen molar-refractivity contribution in [2.45, 2.75) is 19.4 Å². The van der Waals surface area contributed by atoms with E-state index in [1.54, 1.807) is 0 Å². The van der Waals surface area contributed by atoms with Crippen molar-refractivity contribution in [3.05, 3.63) is 17.3 Å². The van der Waals surface area contributed by atoms with Crippen molar-refractivity contribution in [2.75, 3.05) is 5.32 Å². The monoisotopic (exact) mass is 234 g/mol. The lowest BCUT2D eigenvalue weighted by Crippen LogP contribution is -2.40. The topological polar surface area (TPSA) is 77.8 Å². The highest BCUT2D eigenvalue weighted by molar-refractivity contribution is 6.28. The third kappa shape index (κ3) is 2.76. The predicted molar refractivity (Wildman–Crippen MR) is 53.3 cm³/mol. The Balaban J connectivity index is 2.99. The summed E-state index contributed by atoms with van der Waals surface area (Å²) in [5, 5.41) is 9.30. The molecule has 82 valence electrons. The summed E-state index contributed by atoms with van der Waals surface area (Å²) in [6.07, 6.45) is 0.891. The van der Waals surface area contributed by atoms with Gasteiger partial charge in [-0.1, -0.05) is 0 Å². The van der Waals surface area contributed by atoms with Crippen LogP contribution in [0.5, 0.6) is 0 Å². The highest BCUT2D eigenvalue weighted by Gasteiger charge is 2.35. The molecule has 1 rings (SSSR count). The van der Waals surface area contributed by atoms with Gasteiger partial charge >= 0.3 is 5.97 Å². The first-order valence-corrected chi connectivity index (χ1v) is 4.43. The predicted octanol–water partition coefficient (Wildman–Crippen LogP) is 0.711. The normalized spacial score (nSPS) is 11.2. The third-order valence-corrected chi connectivity index (χ3v) is 1.90. The van der Waals surface area contributed by atoms with E-state index in [2.05, 4.69) is 15.3 Å². The van der Waals surface area contributed by atoms with E-state index in [0.717, 1.165) is 6.20 Å². The van der Waals surface area contributed by atoms with Gasteiger partial charge < -0.3 is 10.4 Å². The summed E-state index contributed by atoms with van der Waals surface area (Å²) in [5.41, 5.74) is -1.22. The van der Waals surface area contributed by atoms with Crippen molar-refractivity contribution in [3.8, 4) is 0 Å². The molecule has 1 aromatic heterocycles. The van der Waals surface area contributed by atoms with Gasteiger partial charge in [0.1, 0.15) is 0 Å². The van der Waals surface area contributed by atoms with E-state index >= 15 is 0 Å². The maximum absolute atomic E-state index is 13.1. The van der Waals surface area contributed by atoms with E-state index in [1.807, 2.05) is 0 Å². The highest BCUT2D eigenvalue weighted by atomic mass is 35.5. The molecule has 0 aromatic carbocycles. The molecule has 0 aliphatic heterocycles. The standard InChI is InChI=1S/C8H9ClFN3O2/c1-8(2,6(14)15)13-5-4(10)3-11-7(9)12-5/h3H,1-2H3,(H,14,15)(H,11,12,13)/p+1. The van der Waals surface area contributed by atoms with Gasteiger partial charge in [0.25, 0.3) is 0 Å². The molecule has 0 bridgehead atoms. The zero-order valence-corrected chi connectivity index (χ0v) is 8.89. The van der Waals surface area contributed by atoms with Crippen molar-refractivity contribution in [2.24, 2.45) is 0 Å². The summed E-state index contributed by atoms with van der Waals surface area (Å²) in [4.78, 5) is 17.9. The Bertz CT molecular complexity index is 397. The zero-order chi connectivity index (χ0) is 11.6. The average molecular weight is 235 g/mol. The smallest absolute Gasteiger partial charge is 0.541 e. The lowest BCUT2D eigenvalue weighted by atomic mass is 10.1. The highest BCUT2D eigenvalue weighted by Crippen LogP contribution is 2.17. The van der Waals surface area contributed by atoms with E-state index in [4.69, 9.17) is 16.7 Å². The first-order valence-electron chi connectivity index (χ1n) is 4.05. The Labute approximate surface area is 90.3 Å². The molecule has 1 aromatic rings. The molecule has 1 heterocycles. The van der Waals surface area contributed by atoms with Crippen LogP contribution in [-0.4, -0.2) is 26.6 Å². The zero-order valence-electron chi connectivity index (χ0n) is 8.14. The van der Waals surface area contributed by atoms with Crippen molar-refractivity contribution < 1.29 is 14.3 Å². The number of anilines is 1. The number of aromatic nitrogens is 2. The van der Waals surface area contributed by atoms with E-state index in [1.165, 1.54) is 13.8 Å². The van der Waals surface area contributed by atoms with Crippen LogP contribution in [0, 0.1) is 5.82 Å². The van der Waals surface area contributed by atoms with Crippen molar-refractivity contribution >= 4 is 23.4 Å². The number of carbonyl (C=O) groups excluding carboxylic acids is 1. The van der Waals surface area contributed by atoms with Gasteiger partial charge in [-0.2, -0.15) is 4.98 Å². The van der Waals surface area contributed by atoms with Crippen molar-refractivity contribution in [1.82, 2.24) is 9.97 Å². The van der Waals surface area contributed by atoms with Gasteiger partial charge in [0.2, 0.25) is 5.28 Å². The number of hydrogen-bond donors (Lipinski definition) is 1. The third-order valence-electron chi connectivity index (χ3n) is 1.71. The molecule has 15 heavy (non-hydrogen) atoms. The average Bonchev–Trinajstić information content (AvgIpc) is 2.10. The Hall–Kier alpha value is -1.43. The summed E-state index contributed by atoms with van der Waals surface area (Å²) in [6.45, 7) is 2.88. The molecule has 0 atom stereocenters. The maximum atomic E-state index is 13.1. The van der Waals surface area contributed by atoms with Gasteiger partial charge in [-0.15, -0.1) is 0 Å². The Morgan fingerprint density at radius 3 is 2.80 bits per heavy atom. The molecule has 3 N–H and O–H groups in total. The molecule has 0 aliphatic carbocycles. The fourth-order valence-corrected chi connectivity index (χ4v) is 0.919. The van der Waals surface area contributed by atoms with E-state index in [9.17, 15) is 9.18 Å². The van der Waals surface area contributed by atoms with Crippen LogP contribution in [0.15, 0.2) is 6.20 Å². The van der Waals surface area contributed by atoms with Crippen LogP contribution >= 0.6 is 11.6 Å². The SMILES string of the molecule is CC(C)(Nc1nc(Cl)ncc1F)C(=O)[OH2+]. The lowest BCUT2D eigenvalue weighted by molar-refractivity contribution is -0.141. The van der Waals surface area contributed by atoms with E-state index in [0.29, 0.717) is 0 Å². The summed E-state index contributed by atoms with van der Waals surface area (Å²) in [6, 6.07) is 0. The first-order chi connectivity index (χ1) is 6.83. The van der Waals surface area contributed by atoms with Crippen LogP contribution in [0.25, 0.3) is 0 Å². The minimum absolute atomic E-state index is 0.132. The molecule has 0 fully saturated rings. The molecule has 0 saturated heterocycles. The van der Waals surface area contributed by atoms with Gasteiger partial charge in [-0.25, -0.2) is 9.37 Å². The number of nitrogens with one attached hydrogen (secondary N) is 1. The lowest BCUT2D eigenvalue weighted by Gasteiger charge is -2.17. The molecular weight excluding hydrogens is 225 g/mol. The second-order valence-corrected chi connectivity index (χ2v) is 3.75. The summed E-state index contributed by atoms with van der Waals surface area (Å²) >= 11 is 5.46. The number of carbonyl (C=O) groups is 1. The second-order valence-electron chi connectivity index (χ2n) is 3.41. The quantitative estimate of drug-likeness (QED) is 0.617. The largest absolute Gasteiger partial charge is 0.563 e. The van der Waals surface area contributed by atoms with Gasteiger partial charge in [0.15, 0.2) is 17.2 Å². The first kappa shape index (κ1) is 11.6. The molecule has 0 saturated carbocycles. The molecule has 7 heteroatoms. The Kier molecular flexibility index (Phi) is 3.09. The van der Waals surface area contributed by atoms with Gasteiger partial charge in [-0.3, -0.25) is 0 Å². The Morgan fingerprint density at radius 2 is 2.27 bits per heavy atom. The fourth-order valence-electron chi connectivity index (χ4n) is 0.786. The second kappa shape index (κ2) is 3.98. The van der Waals surface area contributed by atoms with Gasteiger partial charge in [0.05, 0.1) is 6.20 Å². The van der Waals surface area contributed by atoms with Crippen LogP contribution in [-0.2, 0) is 4.79 Å². The number of nitrogens with zero attached hydrogens (tertiary/aromatic N) is 2. The van der Waals surface area contributed by atoms with Crippen LogP contribution in [0.3, 0.4) is 0 Å². The van der Waals surface area contributed by atoms with Crippen molar-refractivity contribution in [3.63, 3.8) is 0 Å². The number of rotatable bonds is 3. The van der Waals surface area contributed by atoms with E-state index in [-0.39, 0.29) is 11.1 Å². The summed E-state index contributed by atoms with van der Waals surface area (Å²) in [5.74, 6) is -1.80. The maximum Gasteiger partial charge on any atom is 0.541 e. The molecule has 0 aliphatic rings. The molecular formula is C8H10ClFN3O2+. The van der Waals surface area contributed by atoms with Crippen LogP contribution in [0.2, 0.25) is 5.28 Å². The van der Waals surface area contributed by atoms with Crippen LogP contribution in [0.1, 0.15) is 13.8 Å². The van der Waals surface area contributed by atoms with Gasteiger partial charge in [-0.05, 0) is 25.4 Å². The molecule has 0 radical (unpaired) electrons. The van der Waals surface area contributed by atoms with Crippen molar-refractivity contribution in [1.29, 1.82) is 0 Å². The molecule has 0 spiro atoms.